The molecule has 15 heavy (non-hydrogen) atoms. The van der Waals surface area contributed by atoms with Gasteiger partial charge in [0.15, 0.2) is 0 Å². The van der Waals surface area contributed by atoms with Gasteiger partial charge in [-0.3, -0.25) is 0 Å². The smallest absolute Gasteiger partial charge is 0.101 e. The molecule has 0 radical (unpaired) electrons. The third-order valence-corrected chi connectivity index (χ3v) is 2.53. The standard InChI is InChI=1S/C11H11N3S/c1-15-6-5-14-11-9(7-12)3-2-4-10(11)8-13/h2-4,14H,5-6H2,1H3. The Morgan fingerprint density at radius 3 is 2.33 bits per heavy atom. The zero-order valence-corrected chi connectivity index (χ0v) is 9.27. The molecule has 0 atom stereocenters. The van der Waals surface area contributed by atoms with Crippen molar-refractivity contribution in [3.63, 3.8) is 0 Å². The van der Waals surface area contributed by atoms with E-state index < -0.39 is 0 Å². The zero-order chi connectivity index (χ0) is 11.1. The van der Waals surface area contributed by atoms with Crippen molar-refractivity contribution < 1.29 is 0 Å². The Hall–Kier alpha value is -1.65. The molecule has 3 nitrogen and oxygen atoms in total. The topological polar surface area (TPSA) is 59.6 Å². The number of thioether (sulfide) groups is 1. The van der Waals surface area contributed by atoms with E-state index in [1.807, 2.05) is 6.26 Å². The van der Waals surface area contributed by atoms with E-state index >= 15 is 0 Å². The Labute approximate surface area is 93.7 Å². The van der Waals surface area contributed by atoms with Crippen LogP contribution in [0, 0.1) is 22.7 Å². The Morgan fingerprint density at radius 1 is 1.27 bits per heavy atom. The number of hydrogen-bond donors (Lipinski definition) is 1. The summed E-state index contributed by atoms with van der Waals surface area (Å²) in [4.78, 5) is 0. The minimum absolute atomic E-state index is 0.523. The normalized spacial score (nSPS) is 9.00. The third kappa shape index (κ3) is 2.90. The van der Waals surface area contributed by atoms with Crippen LogP contribution in [0.3, 0.4) is 0 Å². The summed E-state index contributed by atoms with van der Waals surface area (Å²) >= 11 is 1.72. The minimum atomic E-state index is 0.523. The van der Waals surface area contributed by atoms with E-state index in [0.717, 1.165) is 12.3 Å². The molecular formula is C11H11N3S. The van der Waals surface area contributed by atoms with Crippen molar-refractivity contribution in [3.05, 3.63) is 29.3 Å². The van der Waals surface area contributed by atoms with E-state index in [1.54, 1.807) is 30.0 Å². The summed E-state index contributed by atoms with van der Waals surface area (Å²) in [6, 6.07) is 9.29. The van der Waals surface area contributed by atoms with Crippen molar-refractivity contribution in [2.24, 2.45) is 0 Å². The Balaban J connectivity index is 2.93. The highest BCUT2D eigenvalue weighted by atomic mass is 32.2. The minimum Gasteiger partial charge on any atom is -0.382 e. The molecule has 0 spiro atoms. The van der Waals surface area contributed by atoms with Crippen LogP contribution in [0.2, 0.25) is 0 Å². The maximum atomic E-state index is 8.89. The molecule has 0 saturated heterocycles. The summed E-state index contributed by atoms with van der Waals surface area (Å²) < 4.78 is 0. The molecule has 1 rings (SSSR count). The average Bonchev–Trinajstić information content (AvgIpc) is 2.29. The molecule has 0 aliphatic carbocycles. The maximum Gasteiger partial charge on any atom is 0.101 e. The van der Waals surface area contributed by atoms with Crippen molar-refractivity contribution in [2.45, 2.75) is 0 Å². The predicted molar refractivity (Wildman–Crippen MR) is 62.7 cm³/mol. The molecule has 0 bridgehead atoms. The van der Waals surface area contributed by atoms with Gasteiger partial charge in [-0.2, -0.15) is 22.3 Å². The fourth-order valence-electron chi connectivity index (χ4n) is 1.21. The first-order valence-electron chi connectivity index (χ1n) is 4.49. The van der Waals surface area contributed by atoms with Gasteiger partial charge < -0.3 is 5.32 Å². The quantitative estimate of drug-likeness (QED) is 0.785. The fraction of sp³-hybridized carbons (Fsp3) is 0.273. The third-order valence-electron chi connectivity index (χ3n) is 1.91. The highest BCUT2D eigenvalue weighted by Gasteiger charge is 2.06. The predicted octanol–water partition coefficient (Wildman–Crippen LogP) is 2.20. The van der Waals surface area contributed by atoms with E-state index in [4.69, 9.17) is 10.5 Å². The molecule has 0 heterocycles. The van der Waals surface area contributed by atoms with Gasteiger partial charge in [0, 0.05) is 12.3 Å². The van der Waals surface area contributed by atoms with Crippen LogP contribution in [0.5, 0.6) is 0 Å². The van der Waals surface area contributed by atoms with Crippen molar-refractivity contribution in [1.29, 1.82) is 10.5 Å². The van der Waals surface area contributed by atoms with Crippen LogP contribution in [-0.4, -0.2) is 18.6 Å². The second kappa shape index (κ2) is 5.95. The molecule has 4 heteroatoms. The van der Waals surface area contributed by atoms with Gasteiger partial charge >= 0.3 is 0 Å². The van der Waals surface area contributed by atoms with Crippen LogP contribution in [0.4, 0.5) is 5.69 Å². The highest BCUT2D eigenvalue weighted by Crippen LogP contribution is 2.19. The molecular weight excluding hydrogens is 206 g/mol. The Kier molecular flexibility index (Phi) is 4.53. The van der Waals surface area contributed by atoms with Crippen LogP contribution in [0.15, 0.2) is 18.2 Å². The van der Waals surface area contributed by atoms with E-state index in [9.17, 15) is 0 Å². The average molecular weight is 217 g/mol. The van der Waals surface area contributed by atoms with E-state index in [0.29, 0.717) is 16.8 Å². The number of anilines is 1. The van der Waals surface area contributed by atoms with Crippen LogP contribution in [0.25, 0.3) is 0 Å². The monoisotopic (exact) mass is 217 g/mol. The highest BCUT2D eigenvalue weighted by molar-refractivity contribution is 7.98. The molecule has 76 valence electrons. The van der Waals surface area contributed by atoms with E-state index in [-0.39, 0.29) is 0 Å². The first-order chi connectivity index (χ1) is 7.33. The summed E-state index contributed by atoms with van der Waals surface area (Å²) in [7, 11) is 0. The molecule has 0 aliphatic heterocycles. The molecule has 0 aliphatic rings. The molecule has 1 aromatic carbocycles. The van der Waals surface area contributed by atoms with Gasteiger partial charge in [-0.05, 0) is 18.4 Å². The molecule has 1 aromatic rings. The SMILES string of the molecule is CSCCNc1c(C#N)cccc1C#N. The van der Waals surface area contributed by atoms with E-state index in [2.05, 4.69) is 17.5 Å². The summed E-state index contributed by atoms with van der Waals surface area (Å²) in [5.74, 6) is 0.949. The molecule has 0 amide bonds. The second-order valence-electron chi connectivity index (χ2n) is 2.87. The van der Waals surface area contributed by atoms with Gasteiger partial charge in [0.05, 0.1) is 16.8 Å². The van der Waals surface area contributed by atoms with Crippen LogP contribution >= 0.6 is 11.8 Å². The van der Waals surface area contributed by atoms with Gasteiger partial charge in [0.2, 0.25) is 0 Å². The summed E-state index contributed by atoms with van der Waals surface area (Å²) in [5, 5.41) is 20.9. The lowest BCUT2D eigenvalue weighted by Crippen LogP contribution is -2.06. The lowest BCUT2D eigenvalue weighted by Gasteiger charge is -2.08. The summed E-state index contributed by atoms with van der Waals surface area (Å²) in [5.41, 5.74) is 1.70. The number of rotatable bonds is 4. The van der Waals surface area contributed by atoms with Crippen molar-refractivity contribution in [1.82, 2.24) is 0 Å². The lowest BCUT2D eigenvalue weighted by atomic mass is 10.1. The maximum absolute atomic E-state index is 8.89. The molecule has 0 saturated carbocycles. The number of benzene rings is 1. The number of hydrogen-bond acceptors (Lipinski definition) is 4. The number of para-hydroxylation sites is 1. The van der Waals surface area contributed by atoms with Gasteiger partial charge in [0.1, 0.15) is 12.1 Å². The Bertz CT molecular complexity index is 383. The van der Waals surface area contributed by atoms with Crippen molar-refractivity contribution in [3.8, 4) is 12.1 Å². The van der Waals surface area contributed by atoms with Crippen LogP contribution < -0.4 is 5.32 Å². The number of nitrogens with zero attached hydrogens (tertiary/aromatic N) is 2. The number of nitrogens with one attached hydrogen (secondary N) is 1. The molecule has 0 fully saturated rings. The lowest BCUT2D eigenvalue weighted by molar-refractivity contribution is 1.22. The van der Waals surface area contributed by atoms with Crippen molar-refractivity contribution >= 4 is 17.4 Å². The van der Waals surface area contributed by atoms with Crippen LogP contribution in [0.1, 0.15) is 11.1 Å². The summed E-state index contributed by atoms with van der Waals surface area (Å²) in [6.45, 7) is 0.758. The van der Waals surface area contributed by atoms with Crippen LogP contribution in [-0.2, 0) is 0 Å². The summed E-state index contributed by atoms with van der Waals surface area (Å²) in [6.07, 6.45) is 2.02. The first kappa shape index (κ1) is 11.4. The van der Waals surface area contributed by atoms with Gasteiger partial charge in [0.25, 0.3) is 0 Å². The van der Waals surface area contributed by atoms with Crippen molar-refractivity contribution in [2.75, 3.05) is 23.9 Å². The zero-order valence-electron chi connectivity index (χ0n) is 8.45. The largest absolute Gasteiger partial charge is 0.382 e. The molecule has 1 N–H and O–H groups in total. The van der Waals surface area contributed by atoms with E-state index in [1.165, 1.54) is 0 Å². The second-order valence-corrected chi connectivity index (χ2v) is 3.86. The number of nitriles is 2. The first-order valence-corrected chi connectivity index (χ1v) is 5.89. The Morgan fingerprint density at radius 2 is 1.87 bits per heavy atom. The van der Waals surface area contributed by atoms with Gasteiger partial charge in [-0.25, -0.2) is 0 Å². The molecule has 0 unspecified atom stereocenters. The fourth-order valence-corrected chi connectivity index (χ4v) is 1.51. The van der Waals surface area contributed by atoms with Gasteiger partial charge in [-0.15, -0.1) is 0 Å². The van der Waals surface area contributed by atoms with Gasteiger partial charge in [-0.1, -0.05) is 6.07 Å². The molecule has 0 aromatic heterocycles.